The molecule has 0 amide bonds. The summed E-state index contributed by atoms with van der Waals surface area (Å²) >= 11 is 0. The number of aliphatic imine (C=N–C) groups is 2. The lowest BCUT2D eigenvalue weighted by atomic mass is 9.84. The Bertz CT molecular complexity index is 1220. The maximum atomic E-state index is 12.3. The summed E-state index contributed by atoms with van der Waals surface area (Å²) < 4.78 is 0. The van der Waals surface area contributed by atoms with Crippen LogP contribution in [0.1, 0.15) is 84.3 Å². The summed E-state index contributed by atoms with van der Waals surface area (Å²) in [4.78, 5) is 34.3. The quantitative estimate of drug-likeness (QED) is 0.207. The van der Waals surface area contributed by atoms with Gasteiger partial charge in [-0.1, -0.05) is 35.4 Å². The SMILES string of the molecule is CC(=O)/C(C=N[C@H](c1c(C)cc(C)cc1C)[C@H](N=C/C(C(C)=O)=C(\C)O)c1c(C)cc(C)cc1C)=C(/C)O. The molecule has 0 aliphatic rings. The Labute approximate surface area is 226 Å². The third kappa shape index (κ3) is 7.15. The smallest absolute Gasteiger partial charge is 0.164 e. The number of Topliss-reactive ketones (excluding diaryl/α,β-unsaturated/α-hetero) is 2. The van der Waals surface area contributed by atoms with Gasteiger partial charge in [0.25, 0.3) is 0 Å². The average molecular weight is 517 g/mol. The molecular formula is C32H40N2O4. The topological polar surface area (TPSA) is 99.3 Å². The van der Waals surface area contributed by atoms with Crippen LogP contribution in [-0.2, 0) is 9.59 Å². The monoisotopic (exact) mass is 516 g/mol. The summed E-state index contributed by atoms with van der Waals surface area (Å²) in [7, 11) is 0. The molecule has 2 N–H and O–H groups in total. The first kappa shape index (κ1) is 30.4. The van der Waals surface area contributed by atoms with E-state index in [2.05, 4.69) is 24.3 Å². The summed E-state index contributed by atoms with van der Waals surface area (Å²) in [6, 6.07) is 7.15. The molecule has 0 spiro atoms. The molecule has 38 heavy (non-hydrogen) atoms. The number of hydrogen-bond acceptors (Lipinski definition) is 6. The van der Waals surface area contributed by atoms with Crippen LogP contribution in [0.5, 0.6) is 0 Å². The fourth-order valence-corrected chi connectivity index (χ4v) is 5.13. The maximum absolute atomic E-state index is 12.3. The van der Waals surface area contributed by atoms with Crippen LogP contribution >= 0.6 is 0 Å². The normalized spacial score (nSPS) is 14.9. The van der Waals surface area contributed by atoms with Crippen molar-refractivity contribution in [2.45, 2.75) is 81.3 Å². The molecule has 0 aromatic heterocycles. The number of nitrogens with zero attached hydrogens (tertiary/aromatic N) is 2. The van der Waals surface area contributed by atoms with E-state index >= 15 is 0 Å². The van der Waals surface area contributed by atoms with Gasteiger partial charge < -0.3 is 10.2 Å². The Morgan fingerprint density at radius 2 is 0.868 bits per heavy atom. The van der Waals surface area contributed by atoms with Crippen molar-refractivity contribution in [3.63, 3.8) is 0 Å². The lowest BCUT2D eigenvalue weighted by Crippen LogP contribution is -2.16. The van der Waals surface area contributed by atoms with E-state index in [1.807, 2.05) is 41.5 Å². The summed E-state index contributed by atoms with van der Waals surface area (Å²) in [6.45, 7) is 17.8. The largest absolute Gasteiger partial charge is 0.512 e. The molecule has 2 rings (SSSR count). The van der Waals surface area contributed by atoms with Gasteiger partial charge in [-0.05, 0) is 103 Å². The molecule has 0 saturated carbocycles. The molecular weight excluding hydrogens is 476 g/mol. The molecule has 0 heterocycles. The second-order valence-corrected chi connectivity index (χ2v) is 10.2. The van der Waals surface area contributed by atoms with Crippen LogP contribution in [0.4, 0.5) is 0 Å². The van der Waals surface area contributed by atoms with Crippen LogP contribution in [0.2, 0.25) is 0 Å². The highest BCUT2D eigenvalue weighted by molar-refractivity contribution is 6.13. The van der Waals surface area contributed by atoms with E-state index in [0.29, 0.717) is 0 Å². The number of hydrogen-bond donors (Lipinski definition) is 2. The third-order valence-electron chi connectivity index (χ3n) is 6.63. The first-order valence-corrected chi connectivity index (χ1v) is 12.7. The first-order chi connectivity index (χ1) is 17.6. The molecule has 0 saturated heterocycles. The van der Waals surface area contributed by atoms with Gasteiger partial charge in [0.15, 0.2) is 11.6 Å². The molecule has 0 aliphatic carbocycles. The van der Waals surface area contributed by atoms with E-state index in [0.717, 1.165) is 44.5 Å². The molecule has 0 radical (unpaired) electrons. The minimum atomic E-state index is -0.590. The second-order valence-electron chi connectivity index (χ2n) is 10.2. The summed E-state index contributed by atoms with van der Waals surface area (Å²) in [5.41, 5.74) is 8.42. The predicted molar refractivity (Wildman–Crippen MR) is 156 cm³/mol. The fraction of sp³-hybridized carbons (Fsp3) is 0.375. The van der Waals surface area contributed by atoms with Crippen LogP contribution in [0.3, 0.4) is 0 Å². The zero-order valence-electron chi connectivity index (χ0n) is 24.2. The van der Waals surface area contributed by atoms with Crippen molar-refractivity contribution in [1.29, 1.82) is 0 Å². The van der Waals surface area contributed by atoms with E-state index in [1.165, 1.54) is 40.1 Å². The number of rotatable bonds is 9. The summed E-state index contributed by atoms with van der Waals surface area (Å²) in [5, 5.41) is 20.3. The zero-order chi connectivity index (χ0) is 28.9. The van der Waals surface area contributed by atoms with Crippen molar-refractivity contribution < 1.29 is 19.8 Å². The number of allylic oxidation sites excluding steroid dienone is 4. The minimum absolute atomic E-state index is 0.113. The first-order valence-electron chi connectivity index (χ1n) is 12.7. The van der Waals surface area contributed by atoms with Crippen LogP contribution in [0, 0.1) is 41.5 Å². The highest BCUT2D eigenvalue weighted by Crippen LogP contribution is 2.41. The molecule has 0 aliphatic heterocycles. The third-order valence-corrected chi connectivity index (χ3v) is 6.63. The Kier molecular flexibility index (Phi) is 10.1. The number of aliphatic hydroxyl groups excluding tert-OH is 2. The van der Waals surface area contributed by atoms with Crippen LogP contribution in [0.15, 0.2) is 56.9 Å². The Hall–Kier alpha value is -3.80. The van der Waals surface area contributed by atoms with E-state index in [1.54, 1.807) is 0 Å². The van der Waals surface area contributed by atoms with Crippen molar-refractivity contribution in [2.75, 3.05) is 0 Å². The summed E-state index contributed by atoms with van der Waals surface area (Å²) in [5.74, 6) is -0.828. The van der Waals surface area contributed by atoms with Crippen molar-refractivity contribution >= 4 is 24.0 Å². The van der Waals surface area contributed by atoms with Crippen molar-refractivity contribution in [3.8, 4) is 0 Å². The van der Waals surface area contributed by atoms with Gasteiger partial charge in [0.05, 0.1) is 11.1 Å². The van der Waals surface area contributed by atoms with Crippen molar-refractivity contribution in [3.05, 3.63) is 91.4 Å². The highest BCUT2D eigenvalue weighted by Gasteiger charge is 2.29. The highest BCUT2D eigenvalue weighted by atomic mass is 16.3. The molecule has 6 nitrogen and oxygen atoms in total. The number of ketones is 2. The van der Waals surface area contributed by atoms with Gasteiger partial charge in [-0.15, -0.1) is 0 Å². The van der Waals surface area contributed by atoms with Gasteiger partial charge in [0.2, 0.25) is 0 Å². The van der Waals surface area contributed by atoms with E-state index in [4.69, 9.17) is 9.98 Å². The van der Waals surface area contributed by atoms with E-state index in [-0.39, 0.29) is 34.2 Å². The molecule has 202 valence electrons. The van der Waals surface area contributed by atoms with Crippen LogP contribution in [0.25, 0.3) is 0 Å². The number of aliphatic hydroxyl groups is 2. The van der Waals surface area contributed by atoms with Crippen LogP contribution < -0.4 is 0 Å². The number of benzene rings is 2. The zero-order valence-corrected chi connectivity index (χ0v) is 24.2. The second kappa shape index (κ2) is 12.6. The van der Waals surface area contributed by atoms with Gasteiger partial charge >= 0.3 is 0 Å². The standard InChI is InChI=1S/C32H40N2O4/c1-17-11-19(3)29(20(4)12-17)31(33-15-27(23(7)35)24(8)36)32(34-16-28(25(9)37)26(10)38)30-21(5)13-18(2)14-22(30)6/h11-16,31-32,35,37H,1-10H3/b27-23-,28-25-,33-15?,34-16?/t31-,32-/m1/s1. The average Bonchev–Trinajstić information content (AvgIpc) is 2.74. The van der Waals surface area contributed by atoms with Gasteiger partial charge in [-0.2, -0.15) is 0 Å². The number of carbonyl (C=O) groups is 2. The van der Waals surface area contributed by atoms with Crippen molar-refractivity contribution in [2.24, 2.45) is 9.98 Å². The minimum Gasteiger partial charge on any atom is -0.512 e. The van der Waals surface area contributed by atoms with Crippen molar-refractivity contribution in [1.82, 2.24) is 0 Å². The molecule has 0 unspecified atom stereocenters. The Morgan fingerprint density at radius 3 is 1.08 bits per heavy atom. The number of carbonyl (C=O) groups excluding carboxylic acids is 2. The van der Waals surface area contributed by atoms with Crippen LogP contribution in [-0.4, -0.2) is 34.2 Å². The predicted octanol–water partition coefficient (Wildman–Crippen LogP) is 7.30. The molecule has 6 heteroatoms. The molecule has 2 aromatic carbocycles. The Morgan fingerprint density at radius 1 is 0.605 bits per heavy atom. The maximum Gasteiger partial charge on any atom is 0.164 e. The fourth-order valence-electron chi connectivity index (χ4n) is 5.13. The molecule has 2 aromatic rings. The van der Waals surface area contributed by atoms with Gasteiger partial charge in [0.1, 0.15) is 23.6 Å². The molecule has 2 atom stereocenters. The Balaban J connectivity index is 3.01. The van der Waals surface area contributed by atoms with E-state index in [9.17, 15) is 19.8 Å². The summed E-state index contributed by atoms with van der Waals surface area (Å²) in [6.07, 6.45) is 2.84. The molecule has 0 fully saturated rings. The molecule has 0 bridgehead atoms. The van der Waals surface area contributed by atoms with Gasteiger partial charge in [0, 0.05) is 12.4 Å². The lowest BCUT2D eigenvalue weighted by Gasteiger charge is -2.28. The van der Waals surface area contributed by atoms with E-state index < -0.39 is 12.1 Å². The van der Waals surface area contributed by atoms with Gasteiger partial charge in [-0.3, -0.25) is 19.6 Å². The number of aryl methyl sites for hydroxylation is 6. The van der Waals surface area contributed by atoms with Gasteiger partial charge in [-0.25, -0.2) is 0 Å². The lowest BCUT2D eigenvalue weighted by molar-refractivity contribution is -0.114.